The van der Waals surface area contributed by atoms with Crippen LogP contribution in [0.3, 0.4) is 0 Å². The molecule has 2 aromatic rings. The number of hydrogen-bond acceptors (Lipinski definition) is 2. The van der Waals surface area contributed by atoms with E-state index in [0.717, 1.165) is 42.0 Å². The minimum atomic E-state index is 0.730. The Labute approximate surface area is 154 Å². The van der Waals surface area contributed by atoms with Crippen LogP contribution in [0.4, 0.5) is 11.4 Å². The summed E-state index contributed by atoms with van der Waals surface area (Å²) in [5.41, 5.74) is 4.95. The molecule has 0 atom stereocenters. The maximum atomic E-state index is 5.92. The molecule has 2 aromatic carbocycles. The van der Waals surface area contributed by atoms with Crippen molar-refractivity contribution in [3.8, 4) is 0 Å². The third-order valence-corrected chi connectivity index (χ3v) is 4.97. The quantitative estimate of drug-likeness (QED) is 0.797. The lowest BCUT2D eigenvalue weighted by atomic mass is 10.1. The third-order valence-electron chi connectivity index (χ3n) is 4.36. The molecule has 1 saturated heterocycles. The van der Waals surface area contributed by atoms with Crippen molar-refractivity contribution in [3.05, 3.63) is 58.6 Å². The number of anilines is 2. The lowest BCUT2D eigenvalue weighted by Crippen LogP contribution is -2.50. The van der Waals surface area contributed by atoms with Gasteiger partial charge in [-0.25, -0.2) is 0 Å². The fourth-order valence-electron chi connectivity index (χ4n) is 3.05. The monoisotopic (exact) mass is 359 g/mol. The number of halogens is 1. The van der Waals surface area contributed by atoms with Gasteiger partial charge < -0.3 is 15.1 Å². The minimum absolute atomic E-state index is 0.730. The summed E-state index contributed by atoms with van der Waals surface area (Å²) in [6, 6.07) is 14.3. The van der Waals surface area contributed by atoms with Crippen molar-refractivity contribution in [3.63, 3.8) is 0 Å². The fourth-order valence-corrected chi connectivity index (χ4v) is 3.47. The molecule has 0 bridgehead atoms. The minimum Gasteiger partial charge on any atom is -0.368 e. The zero-order chi connectivity index (χ0) is 17.1. The highest BCUT2D eigenvalue weighted by Gasteiger charge is 2.20. The lowest BCUT2D eigenvalue weighted by molar-refractivity contribution is 0.390. The van der Waals surface area contributed by atoms with Gasteiger partial charge in [-0.2, -0.15) is 0 Å². The molecule has 3 nitrogen and oxygen atoms in total. The smallest absolute Gasteiger partial charge is 0.173 e. The first-order valence-corrected chi connectivity index (χ1v) is 8.95. The maximum Gasteiger partial charge on any atom is 0.173 e. The number of nitrogens with one attached hydrogen (secondary N) is 1. The van der Waals surface area contributed by atoms with Crippen molar-refractivity contribution in [2.45, 2.75) is 13.8 Å². The molecular formula is C19H22ClN3S. The van der Waals surface area contributed by atoms with Gasteiger partial charge in [0.2, 0.25) is 0 Å². The van der Waals surface area contributed by atoms with E-state index in [4.69, 9.17) is 23.8 Å². The van der Waals surface area contributed by atoms with E-state index in [1.807, 2.05) is 24.3 Å². The summed E-state index contributed by atoms with van der Waals surface area (Å²) in [7, 11) is 0. The Morgan fingerprint density at radius 2 is 1.67 bits per heavy atom. The molecule has 0 spiro atoms. The molecule has 0 aliphatic carbocycles. The van der Waals surface area contributed by atoms with Crippen LogP contribution in [0, 0.1) is 13.8 Å². The van der Waals surface area contributed by atoms with E-state index in [1.54, 1.807) is 0 Å². The highest BCUT2D eigenvalue weighted by Crippen LogP contribution is 2.23. The number of rotatable bonds is 2. The second-order valence-electron chi connectivity index (χ2n) is 6.20. The summed E-state index contributed by atoms with van der Waals surface area (Å²) in [5.74, 6) is 0. The maximum absolute atomic E-state index is 5.92. The number of benzene rings is 2. The second-order valence-corrected chi connectivity index (χ2v) is 7.02. The van der Waals surface area contributed by atoms with E-state index in [9.17, 15) is 0 Å². The van der Waals surface area contributed by atoms with E-state index in [-0.39, 0.29) is 0 Å². The number of thiocarbonyl (C=S) groups is 1. The van der Waals surface area contributed by atoms with Gasteiger partial charge in [0, 0.05) is 42.6 Å². The van der Waals surface area contributed by atoms with Gasteiger partial charge in [-0.05, 0) is 62.0 Å². The van der Waals surface area contributed by atoms with Gasteiger partial charge in [0.25, 0.3) is 0 Å². The van der Waals surface area contributed by atoms with E-state index in [1.165, 1.54) is 16.8 Å². The highest BCUT2D eigenvalue weighted by atomic mass is 35.5. The topological polar surface area (TPSA) is 18.5 Å². The molecule has 1 N–H and O–H groups in total. The van der Waals surface area contributed by atoms with E-state index in [2.05, 4.69) is 47.2 Å². The summed E-state index contributed by atoms with van der Waals surface area (Å²) in [6.07, 6.45) is 0. The van der Waals surface area contributed by atoms with Crippen LogP contribution in [-0.4, -0.2) is 36.2 Å². The fraction of sp³-hybridized carbons (Fsp3) is 0.316. The van der Waals surface area contributed by atoms with Crippen LogP contribution in [0.15, 0.2) is 42.5 Å². The predicted octanol–water partition coefficient (Wildman–Crippen LogP) is 4.48. The zero-order valence-electron chi connectivity index (χ0n) is 14.1. The van der Waals surface area contributed by atoms with Gasteiger partial charge in [-0.15, -0.1) is 0 Å². The Bertz CT molecular complexity index is 722. The Hall–Kier alpha value is -1.78. The van der Waals surface area contributed by atoms with Gasteiger partial charge in [-0.1, -0.05) is 29.3 Å². The van der Waals surface area contributed by atoms with Crippen LogP contribution in [0.25, 0.3) is 0 Å². The second kappa shape index (κ2) is 7.41. The summed E-state index contributed by atoms with van der Waals surface area (Å²) in [5, 5.41) is 4.80. The first kappa shape index (κ1) is 17.1. The highest BCUT2D eigenvalue weighted by molar-refractivity contribution is 7.80. The van der Waals surface area contributed by atoms with Crippen molar-refractivity contribution < 1.29 is 0 Å². The number of aryl methyl sites for hydroxylation is 2. The van der Waals surface area contributed by atoms with Crippen LogP contribution in [-0.2, 0) is 0 Å². The van der Waals surface area contributed by atoms with Gasteiger partial charge in [0.1, 0.15) is 0 Å². The molecular weight excluding hydrogens is 338 g/mol. The first-order chi connectivity index (χ1) is 11.5. The van der Waals surface area contributed by atoms with Crippen LogP contribution < -0.4 is 10.2 Å². The van der Waals surface area contributed by atoms with Crippen molar-refractivity contribution in [2.24, 2.45) is 0 Å². The van der Waals surface area contributed by atoms with Crippen LogP contribution in [0.5, 0.6) is 0 Å². The van der Waals surface area contributed by atoms with Crippen molar-refractivity contribution in [1.82, 2.24) is 4.90 Å². The van der Waals surface area contributed by atoms with E-state index >= 15 is 0 Å². The average Bonchev–Trinajstić information content (AvgIpc) is 2.57. The molecule has 0 aromatic heterocycles. The van der Waals surface area contributed by atoms with Crippen molar-refractivity contribution in [2.75, 3.05) is 36.4 Å². The predicted molar refractivity (Wildman–Crippen MR) is 107 cm³/mol. The molecule has 1 fully saturated rings. The van der Waals surface area contributed by atoms with E-state index < -0.39 is 0 Å². The van der Waals surface area contributed by atoms with Gasteiger partial charge >= 0.3 is 0 Å². The molecule has 1 heterocycles. The number of nitrogens with zero attached hydrogens (tertiary/aromatic N) is 2. The number of hydrogen-bond donors (Lipinski definition) is 1. The van der Waals surface area contributed by atoms with Crippen molar-refractivity contribution >= 4 is 40.3 Å². The lowest BCUT2D eigenvalue weighted by Gasteiger charge is -2.38. The molecule has 1 aliphatic heterocycles. The zero-order valence-corrected chi connectivity index (χ0v) is 15.6. The summed E-state index contributed by atoms with van der Waals surface area (Å²) in [6.45, 7) is 8.12. The normalized spacial score (nSPS) is 14.6. The Balaban J connectivity index is 1.58. The Morgan fingerprint density at radius 3 is 2.29 bits per heavy atom. The Kier molecular flexibility index (Phi) is 5.27. The van der Waals surface area contributed by atoms with Gasteiger partial charge in [0.15, 0.2) is 5.11 Å². The SMILES string of the molecule is Cc1ccc(N2CCN(C(=S)Nc3ccc(Cl)cc3)CC2)c(C)c1. The molecule has 0 saturated carbocycles. The first-order valence-electron chi connectivity index (χ1n) is 8.16. The summed E-state index contributed by atoms with van der Waals surface area (Å²) < 4.78 is 0. The van der Waals surface area contributed by atoms with Crippen LogP contribution in [0.1, 0.15) is 11.1 Å². The molecule has 3 rings (SSSR count). The Morgan fingerprint density at radius 1 is 1.00 bits per heavy atom. The summed E-state index contributed by atoms with van der Waals surface area (Å²) in [4.78, 5) is 4.67. The molecule has 1 aliphatic rings. The standard InChI is InChI=1S/C19H22ClN3S/c1-14-3-8-18(15(2)13-14)22-9-11-23(12-10-22)19(24)21-17-6-4-16(20)5-7-17/h3-8,13H,9-12H2,1-2H3,(H,21,24). The third kappa shape index (κ3) is 4.00. The molecule has 0 amide bonds. The molecule has 126 valence electrons. The van der Waals surface area contributed by atoms with Crippen LogP contribution >= 0.6 is 23.8 Å². The van der Waals surface area contributed by atoms with Gasteiger partial charge in [-0.3, -0.25) is 0 Å². The largest absolute Gasteiger partial charge is 0.368 e. The van der Waals surface area contributed by atoms with E-state index in [0.29, 0.717) is 0 Å². The average molecular weight is 360 g/mol. The van der Waals surface area contributed by atoms with Crippen molar-refractivity contribution in [1.29, 1.82) is 0 Å². The van der Waals surface area contributed by atoms with Gasteiger partial charge in [0.05, 0.1) is 0 Å². The molecule has 24 heavy (non-hydrogen) atoms. The van der Waals surface area contributed by atoms with Crippen LogP contribution in [0.2, 0.25) is 5.02 Å². The molecule has 0 radical (unpaired) electrons. The molecule has 0 unspecified atom stereocenters. The summed E-state index contributed by atoms with van der Waals surface area (Å²) >= 11 is 11.5. The molecule has 5 heteroatoms. The number of piperazine rings is 1.